The van der Waals surface area contributed by atoms with Crippen molar-refractivity contribution >= 4 is 11.7 Å². The Hall–Kier alpha value is -1.55. The van der Waals surface area contributed by atoms with Gasteiger partial charge in [0.2, 0.25) is 0 Å². The average Bonchev–Trinajstić information content (AvgIpc) is 2.18. The molecule has 1 aromatic carbocycles. The van der Waals surface area contributed by atoms with Crippen LogP contribution in [-0.4, -0.2) is 16.7 Å². The molecule has 0 aliphatic heterocycles. The molecule has 0 bridgehead atoms. The Labute approximate surface area is 108 Å². The third kappa shape index (κ3) is 4.04. The minimum atomic E-state index is -0.886. The van der Waals surface area contributed by atoms with Crippen molar-refractivity contribution in [3.05, 3.63) is 29.3 Å². The number of aliphatic hydroxyl groups excluding tert-OH is 1. The number of nitrogens with two attached hydrogens (primary N) is 1. The van der Waals surface area contributed by atoms with Crippen LogP contribution in [0.5, 0.6) is 0 Å². The van der Waals surface area contributed by atoms with Crippen molar-refractivity contribution < 1.29 is 14.6 Å². The summed E-state index contributed by atoms with van der Waals surface area (Å²) >= 11 is 0. The normalized spacial score (nSPS) is 13.2. The molecule has 0 radical (unpaired) electrons. The maximum Gasteiger partial charge on any atom is 0.309 e. The Bertz CT molecular complexity index is 435. The highest BCUT2D eigenvalue weighted by Gasteiger charge is 2.21. The van der Waals surface area contributed by atoms with E-state index in [4.69, 9.17) is 10.5 Å². The van der Waals surface area contributed by atoms with Gasteiger partial charge < -0.3 is 15.6 Å². The summed E-state index contributed by atoms with van der Waals surface area (Å²) in [6.45, 7) is 7.21. The molecule has 0 aromatic heterocycles. The van der Waals surface area contributed by atoms with Gasteiger partial charge in [0, 0.05) is 5.69 Å². The highest BCUT2D eigenvalue weighted by molar-refractivity contribution is 5.71. The first-order chi connectivity index (χ1) is 8.20. The van der Waals surface area contributed by atoms with Crippen LogP contribution in [0.15, 0.2) is 18.2 Å². The fourth-order valence-electron chi connectivity index (χ4n) is 1.68. The number of esters is 1. The molecule has 1 aromatic rings. The molecule has 1 atom stereocenters. The fraction of sp³-hybridized carbons (Fsp3) is 0.500. The molecule has 1 rings (SSSR count). The number of rotatable bonds is 3. The molecule has 4 heteroatoms. The Morgan fingerprint density at radius 3 is 2.61 bits per heavy atom. The number of carbonyl (C=O) groups excluding carboxylic acids is 1. The van der Waals surface area contributed by atoms with Crippen LogP contribution < -0.4 is 5.73 Å². The van der Waals surface area contributed by atoms with E-state index in [1.165, 1.54) is 0 Å². The number of aliphatic hydroxyl groups is 1. The Morgan fingerprint density at radius 2 is 2.06 bits per heavy atom. The lowest BCUT2D eigenvalue weighted by Crippen LogP contribution is -2.25. The molecule has 0 fully saturated rings. The Morgan fingerprint density at radius 1 is 1.44 bits per heavy atom. The van der Waals surface area contributed by atoms with Gasteiger partial charge in [0.25, 0.3) is 0 Å². The van der Waals surface area contributed by atoms with E-state index in [2.05, 4.69) is 0 Å². The van der Waals surface area contributed by atoms with Crippen molar-refractivity contribution in [1.29, 1.82) is 0 Å². The van der Waals surface area contributed by atoms with E-state index in [1.807, 2.05) is 6.92 Å². The molecule has 1 unspecified atom stereocenters. The predicted octanol–water partition coefficient (Wildman–Crippen LogP) is 2.34. The summed E-state index contributed by atoms with van der Waals surface area (Å²) in [5.41, 5.74) is 7.30. The zero-order valence-corrected chi connectivity index (χ0v) is 11.4. The van der Waals surface area contributed by atoms with Crippen molar-refractivity contribution in [2.24, 2.45) is 0 Å². The maximum absolute atomic E-state index is 11.6. The number of hydrogen-bond donors (Lipinski definition) is 2. The topological polar surface area (TPSA) is 72.5 Å². The maximum atomic E-state index is 11.6. The first kappa shape index (κ1) is 14.5. The number of hydrogen-bond acceptors (Lipinski definition) is 4. The van der Waals surface area contributed by atoms with Crippen LogP contribution >= 0.6 is 0 Å². The van der Waals surface area contributed by atoms with Crippen molar-refractivity contribution in [2.45, 2.75) is 45.8 Å². The molecule has 0 saturated heterocycles. The second-order valence-corrected chi connectivity index (χ2v) is 5.37. The summed E-state index contributed by atoms with van der Waals surface area (Å²) < 4.78 is 5.17. The van der Waals surface area contributed by atoms with E-state index in [-0.39, 0.29) is 6.42 Å². The third-order valence-corrected chi connectivity index (χ3v) is 2.56. The van der Waals surface area contributed by atoms with E-state index < -0.39 is 17.7 Å². The summed E-state index contributed by atoms with van der Waals surface area (Å²) in [4.78, 5) is 11.6. The van der Waals surface area contributed by atoms with E-state index in [1.54, 1.807) is 39.0 Å². The molecule has 3 N–H and O–H groups in total. The van der Waals surface area contributed by atoms with Crippen LogP contribution in [0.2, 0.25) is 0 Å². The Balaban J connectivity index is 2.74. The molecule has 0 heterocycles. The lowest BCUT2D eigenvalue weighted by molar-refractivity contribution is -0.157. The first-order valence-corrected chi connectivity index (χ1v) is 5.95. The van der Waals surface area contributed by atoms with Gasteiger partial charge >= 0.3 is 5.97 Å². The molecular formula is C14H21NO3. The fourth-order valence-corrected chi connectivity index (χ4v) is 1.68. The van der Waals surface area contributed by atoms with Gasteiger partial charge in [-0.25, -0.2) is 0 Å². The van der Waals surface area contributed by atoms with E-state index >= 15 is 0 Å². The van der Waals surface area contributed by atoms with Gasteiger partial charge in [-0.15, -0.1) is 0 Å². The van der Waals surface area contributed by atoms with Crippen molar-refractivity contribution in [2.75, 3.05) is 5.73 Å². The van der Waals surface area contributed by atoms with Crippen molar-refractivity contribution in [3.8, 4) is 0 Å². The SMILES string of the molecule is Cc1c(N)cccc1C(O)CC(=O)OC(C)(C)C. The van der Waals surface area contributed by atoms with Gasteiger partial charge in [-0.3, -0.25) is 4.79 Å². The van der Waals surface area contributed by atoms with Gasteiger partial charge in [-0.1, -0.05) is 12.1 Å². The lowest BCUT2D eigenvalue weighted by Gasteiger charge is -2.21. The molecule has 0 amide bonds. The minimum Gasteiger partial charge on any atom is -0.460 e. The monoisotopic (exact) mass is 251 g/mol. The van der Waals surface area contributed by atoms with E-state index in [0.717, 1.165) is 5.56 Å². The van der Waals surface area contributed by atoms with Crippen LogP contribution in [0.3, 0.4) is 0 Å². The Kier molecular flexibility index (Phi) is 4.35. The van der Waals surface area contributed by atoms with E-state index in [9.17, 15) is 9.90 Å². The summed E-state index contributed by atoms with van der Waals surface area (Å²) in [6.07, 6.45) is -0.954. The van der Waals surface area contributed by atoms with Gasteiger partial charge in [-0.2, -0.15) is 0 Å². The largest absolute Gasteiger partial charge is 0.460 e. The summed E-state index contributed by atoms with van der Waals surface area (Å²) in [6, 6.07) is 5.29. The second kappa shape index (κ2) is 5.40. The smallest absolute Gasteiger partial charge is 0.309 e. The quantitative estimate of drug-likeness (QED) is 0.639. The van der Waals surface area contributed by atoms with Crippen LogP contribution in [0.1, 0.15) is 44.4 Å². The van der Waals surface area contributed by atoms with Crippen LogP contribution in [-0.2, 0) is 9.53 Å². The predicted molar refractivity (Wildman–Crippen MR) is 71.0 cm³/mol. The van der Waals surface area contributed by atoms with Crippen LogP contribution in [0, 0.1) is 6.92 Å². The van der Waals surface area contributed by atoms with Gasteiger partial charge in [0.15, 0.2) is 0 Å². The van der Waals surface area contributed by atoms with E-state index in [0.29, 0.717) is 11.3 Å². The molecule has 4 nitrogen and oxygen atoms in total. The van der Waals surface area contributed by atoms with Gasteiger partial charge in [0.05, 0.1) is 12.5 Å². The standard InChI is InChI=1S/C14H21NO3/c1-9-10(6-5-7-11(9)15)12(16)8-13(17)18-14(2,3)4/h5-7,12,16H,8,15H2,1-4H3. The molecule has 0 aliphatic carbocycles. The van der Waals surface area contributed by atoms with Crippen molar-refractivity contribution in [3.63, 3.8) is 0 Å². The summed E-state index contributed by atoms with van der Waals surface area (Å²) in [5, 5.41) is 10.0. The lowest BCUT2D eigenvalue weighted by atomic mass is 10.00. The third-order valence-electron chi connectivity index (χ3n) is 2.56. The number of anilines is 1. The first-order valence-electron chi connectivity index (χ1n) is 5.95. The zero-order valence-electron chi connectivity index (χ0n) is 11.4. The van der Waals surface area contributed by atoms with Crippen LogP contribution in [0.25, 0.3) is 0 Å². The molecular weight excluding hydrogens is 230 g/mol. The van der Waals surface area contributed by atoms with Gasteiger partial charge in [0.1, 0.15) is 5.60 Å². The van der Waals surface area contributed by atoms with Crippen molar-refractivity contribution in [1.82, 2.24) is 0 Å². The second-order valence-electron chi connectivity index (χ2n) is 5.37. The number of nitrogen functional groups attached to an aromatic ring is 1. The van der Waals surface area contributed by atoms with Crippen LogP contribution in [0.4, 0.5) is 5.69 Å². The average molecular weight is 251 g/mol. The van der Waals surface area contributed by atoms with Gasteiger partial charge in [-0.05, 0) is 44.9 Å². The molecule has 0 spiro atoms. The number of ether oxygens (including phenoxy) is 1. The minimum absolute atomic E-state index is 0.0679. The summed E-state index contributed by atoms with van der Waals surface area (Å²) in [7, 11) is 0. The number of carbonyl (C=O) groups is 1. The molecule has 0 saturated carbocycles. The zero-order chi connectivity index (χ0) is 13.9. The highest BCUT2D eigenvalue weighted by atomic mass is 16.6. The molecule has 18 heavy (non-hydrogen) atoms. The highest BCUT2D eigenvalue weighted by Crippen LogP contribution is 2.25. The number of benzene rings is 1. The molecule has 100 valence electrons. The molecule has 0 aliphatic rings. The summed E-state index contributed by atoms with van der Waals surface area (Å²) in [5.74, 6) is -0.420.